The van der Waals surface area contributed by atoms with Crippen molar-refractivity contribution in [3.05, 3.63) is 58.9 Å². The molecule has 3 aliphatic rings. The molecule has 1 fully saturated rings. The number of phosphoric ester groups is 1. The Hall–Kier alpha value is -3.18. The first-order valence-electron chi connectivity index (χ1n) is 17.6. The zero-order valence-electron chi connectivity index (χ0n) is 33.0. The van der Waals surface area contributed by atoms with Gasteiger partial charge in [0.05, 0.1) is 29.3 Å². The van der Waals surface area contributed by atoms with Crippen molar-refractivity contribution < 1.29 is 96.0 Å². The molecule has 0 aromatic heterocycles. The van der Waals surface area contributed by atoms with Gasteiger partial charge in [0, 0.05) is 46.0 Å². The molecule has 348 valence electrons. The Balaban J connectivity index is 1.30. The van der Waals surface area contributed by atoms with E-state index in [2.05, 4.69) is 13.9 Å². The van der Waals surface area contributed by atoms with Crippen molar-refractivity contribution >= 4 is 101 Å². The molecule has 2 aromatic carbocycles. The molecule has 0 spiro atoms. The normalized spacial score (nSPS) is 20.1. The van der Waals surface area contributed by atoms with Gasteiger partial charge in [-0.3, -0.25) is 28.4 Å². The number of benzene rings is 3. The van der Waals surface area contributed by atoms with Crippen LogP contribution >= 0.6 is 44.8 Å². The molecule has 5 rings (SSSR count). The fourth-order valence-corrected chi connectivity index (χ4v) is 13.3. The van der Waals surface area contributed by atoms with Crippen molar-refractivity contribution in [2.75, 3.05) is 31.5 Å². The molecule has 1 aliphatic carbocycles. The highest BCUT2D eigenvalue weighted by Crippen LogP contribution is 2.66. The van der Waals surface area contributed by atoms with Gasteiger partial charge in [0.15, 0.2) is 21.1 Å². The molecule has 0 bridgehead atoms. The maximum Gasteiger partial charge on any atom is 0.488 e. The largest absolute Gasteiger partial charge is 0.488 e. The summed E-state index contributed by atoms with van der Waals surface area (Å²) >= 11 is 0. The number of aromatic carboxylic acids is 1. The van der Waals surface area contributed by atoms with Crippen LogP contribution < -0.4 is 16.4 Å². The zero-order valence-corrected chi connectivity index (χ0v) is 39.0. The molecule has 2 radical (unpaired) electrons. The quantitative estimate of drug-likeness (QED) is 0.00935. The van der Waals surface area contributed by atoms with Crippen LogP contribution in [0.3, 0.4) is 0 Å². The number of anilines is 1. The van der Waals surface area contributed by atoms with Crippen LogP contribution in [0.15, 0.2) is 56.7 Å². The van der Waals surface area contributed by atoms with Crippen molar-refractivity contribution in [1.29, 1.82) is 5.41 Å². The number of hydrogen-bond donors (Lipinski definition) is 9. The van der Waals surface area contributed by atoms with E-state index in [0.717, 1.165) is 18.2 Å². The van der Waals surface area contributed by atoms with Crippen LogP contribution in [0.1, 0.15) is 41.0 Å². The zero-order chi connectivity index (χ0) is 48.0. The number of carboxylic acid groups (broad SMARTS) is 1. The monoisotopic (exact) mass is 1030 g/mol. The van der Waals surface area contributed by atoms with E-state index in [9.17, 15) is 64.1 Å². The summed E-state index contributed by atoms with van der Waals surface area (Å²) in [6.07, 6.45) is -1.78. The number of carboxylic acids is 1. The van der Waals surface area contributed by atoms with Gasteiger partial charge in [0.25, 0.3) is 26.1 Å². The number of carbonyl (C=O) groups is 2. The molecular weight excluding hydrogens is 994 g/mol. The number of rotatable bonds is 19. The van der Waals surface area contributed by atoms with Crippen LogP contribution in [0.25, 0.3) is 33.4 Å². The highest BCUT2D eigenvalue weighted by atomic mass is 33.1. The Morgan fingerprint density at radius 3 is 2.23 bits per heavy atom. The maximum atomic E-state index is 13.4. The Morgan fingerprint density at radius 1 is 0.984 bits per heavy atom. The van der Waals surface area contributed by atoms with Crippen LogP contribution in [0.4, 0.5) is 5.69 Å². The highest BCUT2D eigenvalue weighted by molar-refractivity contribution is 8.77. The molecule has 24 nitrogen and oxygen atoms in total. The second-order valence-electron chi connectivity index (χ2n) is 14.3. The molecule has 3 unspecified atom stereocenters. The van der Waals surface area contributed by atoms with Gasteiger partial charge < -0.3 is 44.7 Å². The Kier molecular flexibility index (Phi) is 15.5. The lowest BCUT2D eigenvalue weighted by Gasteiger charge is -2.25. The number of fused-ring (bicyclic) bond motifs is 2. The Morgan fingerprint density at radius 2 is 1.62 bits per heavy atom. The first kappa shape index (κ1) is 51.8. The van der Waals surface area contributed by atoms with Gasteiger partial charge in [-0.05, 0) is 62.2 Å². The molecule has 2 aromatic rings. The van der Waals surface area contributed by atoms with Gasteiger partial charge in [-0.15, -0.1) is 0 Å². The smallest absolute Gasteiger partial charge is 0.478 e. The molecular formula is C32H37BN3O21P3S4. The van der Waals surface area contributed by atoms with Crippen LogP contribution in [-0.2, 0) is 56.6 Å². The Labute approximate surface area is 372 Å². The van der Waals surface area contributed by atoms with Crippen LogP contribution in [0, 0.1) is 5.41 Å². The molecule has 64 heavy (non-hydrogen) atoms. The molecule has 32 heteroatoms. The average molecular weight is 1030 g/mol. The topological polar surface area (TPSA) is 396 Å². The number of nitrogens with two attached hydrogens (primary N) is 1. The summed E-state index contributed by atoms with van der Waals surface area (Å²) in [7, 11) is -17.6. The first-order valence-corrected chi connectivity index (χ1v) is 27.8. The van der Waals surface area contributed by atoms with E-state index in [-0.39, 0.29) is 46.5 Å². The lowest BCUT2D eigenvalue weighted by atomic mass is 9.89. The average Bonchev–Trinajstić information content (AvgIpc) is 3.49. The maximum absolute atomic E-state index is 13.4. The van der Waals surface area contributed by atoms with E-state index >= 15 is 0 Å². The van der Waals surface area contributed by atoms with Gasteiger partial charge in [0.1, 0.15) is 19.9 Å². The SMILES string of the molecule is [B][C@H]1C[C@@H](OCSSC(C)(C)CNC(=O)c2ccc(-c3c4ccc(=N)c(S(=O)(=O)O)c-4oc4c(S(=O)(=O)O)c(N)ccc34)c(C(=O)O)c2)[C@@H](COP(=O)(O)OP(=O)(O)OP(C)(=O)O)O1. The highest BCUT2D eigenvalue weighted by Gasteiger charge is 2.42. The summed E-state index contributed by atoms with van der Waals surface area (Å²) < 4.78 is 134. The van der Waals surface area contributed by atoms with E-state index in [4.69, 9.17) is 42.3 Å². The van der Waals surface area contributed by atoms with Gasteiger partial charge in [0.2, 0.25) is 0 Å². The summed E-state index contributed by atoms with van der Waals surface area (Å²) in [6, 6.07) is 6.96. The molecule has 10 N–H and O–H groups in total. The van der Waals surface area contributed by atoms with Crippen molar-refractivity contribution in [2.45, 2.75) is 53.0 Å². The van der Waals surface area contributed by atoms with Crippen LogP contribution in [0.2, 0.25) is 0 Å². The van der Waals surface area contributed by atoms with Gasteiger partial charge >= 0.3 is 29.2 Å². The van der Waals surface area contributed by atoms with E-state index in [0.29, 0.717) is 6.66 Å². The predicted octanol–water partition coefficient (Wildman–Crippen LogP) is 4.04. The summed E-state index contributed by atoms with van der Waals surface area (Å²) in [5.41, 5.74) is 3.29. The van der Waals surface area contributed by atoms with Gasteiger partial charge in [-0.1, -0.05) is 27.7 Å². The summed E-state index contributed by atoms with van der Waals surface area (Å²) in [4.78, 5) is 52.6. The van der Waals surface area contributed by atoms with Crippen molar-refractivity contribution in [3.8, 4) is 22.5 Å². The number of ether oxygens (including phenoxy) is 2. The lowest BCUT2D eigenvalue weighted by Crippen LogP contribution is -2.36. The van der Waals surface area contributed by atoms with Gasteiger partial charge in [-0.2, -0.15) is 21.1 Å². The van der Waals surface area contributed by atoms with Crippen molar-refractivity contribution in [2.24, 2.45) is 0 Å². The third kappa shape index (κ3) is 12.8. The predicted molar refractivity (Wildman–Crippen MR) is 229 cm³/mol. The van der Waals surface area contributed by atoms with E-state index < -0.39 is 123 Å². The minimum absolute atomic E-state index is 0.00131. The molecule has 2 aliphatic heterocycles. The number of nitrogen functional groups attached to an aromatic ring is 1. The van der Waals surface area contributed by atoms with E-state index in [1.54, 1.807) is 13.8 Å². The fraction of sp³-hybridized carbons (Fsp3) is 0.344. The first-order chi connectivity index (χ1) is 29.3. The lowest BCUT2D eigenvalue weighted by molar-refractivity contribution is -0.0237. The summed E-state index contributed by atoms with van der Waals surface area (Å²) in [5, 5.41) is 20.3. The van der Waals surface area contributed by atoms with Crippen LogP contribution in [-0.4, -0.2) is 114 Å². The molecule has 1 amide bonds. The van der Waals surface area contributed by atoms with Crippen molar-refractivity contribution in [3.63, 3.8) is 0 Å². The number of nitrogens with one attached hydrogen (secondary N) is 2. The molecule has 2 heterocycles. The minimum atomic E-state index is -5.50. The second kappa shape index (κ2) is 19.2. The number of phosphoric acid groups is 2. The molecule has 1 saturated heterocycles. The van der Waals surface area contributed by atoms with Crippen molar-refractivity contribution in [1.82, 2.24) is 5.32 Å². The minimum Gasteiger partial charge on any atom is -0.478 e. The number of carbonyl (C=O) groups excluding carboxylic acids is 1. The number of amides is 1. The summed E-state index contributed by atoms with van der Waals surface area (Å²) in [6.45, 7) is 3.33. The fourth-order valence-electron chi connectivity index (χ4n) is 6.20. The molecule has 0 saturated carbocycles. The van der Waals surface area contributed by atoms with E-state index in [1.807, 2.05) is 0 Å². The van der Waals surface area contributed by atoms with Gasteiger partial charge in [-0.25, -0.2) is 18.2 Å². The van der Waals surface area contributed by atoms with Crippen LogP contribution in [0.5, 0.6) is 0 Å². The Bertz CT molecular complexity index is 2910. The number of hydrogen-bond acceptors (Lipinski definition) is 19. The van der Waals surface area contributed by atoms with E-state index in [1.165, 1.54) is 45.9 Å². The molecule has 6 atom stereocenters. The third-order valence-corrected chi connectivity index (χ3v) is 17.6. The second-order valence-corrected chi connectivity index (χ2v) is 25.0. The summed E-state index contributed by atoms with van der Waals surface area (Å²) in [5.74, 6) is -3.12. The standard InChI is InChI=1S/C32H37BN3O21P3S4/c1-32(2,62-61-14-52-22-11-24(33)54-23(22)12-53-59(42,43)57-60(44,45)56-58(3,40)41)13-36-30(37)15-4-5-16(19(10-15)31(38)39)25-17-6-8-20(34)28(63(46,47)48)26(17)55-27-18(25)7-9-21(35)29(27)64(49,50)51/h4-10,22-24,34H,11-14,35H2,1-3H3,(H,36,37)(H,38,39)(H,40,41)(H,42,43)(H,44,45)(H,46,47,48)(H,49,50,51)/t22-,23-,24-/m1/s1. The third-order valence-electron chi connectivity index (χ3n) is 8.68.